The fourth-order valence-electron chi connectivity index (χ4n) is 5.28. The number of rotatable bonds is 9. The zero-order valence-corrected chi connectivity index (χ0v) is 24.8. The van der Waals surface area contributed by atoms with Gasteiger partial charge in [0.2, 0.25) is 0 Å². The molecule has 0 fully saturated rings. The third-order valence-electron chi connectivity index (χ3n) is 7.13. The van der Waals surface area contributed by atoms with Crippen LogP contribution in [-0.2, 0) is 6.16 Å². The molecule has 7 heteroatoms. The summed E-state index contributed by atoms with van der Waals surface area (Å²) in [5.41, 5.74) is 2.51. The maximum absolute atomic E-state index is 11.3. The van der Waals surface area contributed by atoms with Crippen LogP contribution in [0.4, 0.5) is 5.69 Å². The van der Waals surface area contributed by atoms with E-state index in [1.54, 1.807) is 19.2 Å². The number of benzene rings is 5. The van der Waals surface area contributed by atoms with Gasteiger partial charge in [-0.15, -0.1) is 0 Å². The Balaban J connectivity index is 0.00000387. The molecule has 5 nitrogen and oxygen atoms in total. The summed E-state index contributed by atoms with van der Waals surface area (Å²) < 4.78 is 12.3. The van der Waals surface area contributed by atoms with E-state index >= 15 is 0 Å². The fourth-order valence-corrected chi connectivity index (χ4v) is 9.52. The molecule has 5 aromatic carbocycles. The highest BCUT2D eigenvalue weighted by Crippen LogP contribution is 2.59. The lowest BCUT2D eigenvalue weighted by atomic mass is 10.1. The zero-order chi connectivity index (χ0) is 28.1. The van der Waals surface area contributed by atoms with Crippen molar-refractivity contribution in [3.63, 3.8) is 0 Å². The van der Waals surface area contributed by atoms with E-state index in [-0.39, 0.29) is 23.0 Å². The van der Waals surface area contributed by atoms with Gasteiger partial charge >= 0.3 is 0 Å². The number of nitro groups is 1. The van der Waals surface area contributed by atoms with Gasteiger partial charge in [0.05, 0.1) is 12.0 Å². The van der Waals surface area contributed by atoms with Crippen LogP contribution in [-0.4, -0.2) is 12.0 Å². The number of hydrogen-bond acceptors (Lipinski definition) is 4. The Morgan fingerprint density at radius 2 is 1.17 bits per heavy atom. The monoisotopic (exact) mass is 583 g/mol. The number of hydrogen-bond donors (Lipinski definition) is 0. The number of non-ortho nitro benzene ring substituents is 1. The first-order chi connectivity index (χ1) is 19.4. The molecule has 0 spiro atoms. The van der Waals surface area contributed by atoms with Gasteiger partial charge in [0.1, 0.15) is 46.6 Å². The van der Waals surface area contributed by atoms with Gasteiger partial charge in [0.15, 0.2) is 0 Å². The number of nitro benzene ring substituents is 1. The van der Waals surface area contributed by atoms with Crippen molar-refractivity contribution in [2.75, 3.05) is 7.11 Å². The van der Waals surface area contributed by atoms with Gasteiger partial charge in [-0.25, -0.2) is 0 Å². The zero-order valence-electron chi connectivity index (χ0n) is 23.2. The summed E-state index contributed by atoms with van der Waals surface area (Å²) in [5.74, 6) is 2.07. The molecule has 0 unspecified atom stereocenters. The number of nitrogens with zero attached hydrogens (tertiary/aromatic N) is 1. The van der Waals surface area contributed by atoms with Crippen LogP contribution >= 0.6 is 7.26 Å². The molecule has 0 heterocycles. The molecule has 0 atom stereocenters. The summed E-state index contributed by atoms with van der Waals surface area (Å²) in [7, 11) is -0.473. The molecule has 0 saturated heterocycles. The Kier molecular flexibility index (Phi) is 9.44. The van der Waals surface area contributed by atoms with Crippen LogP contribution in [0.1, 0.15) is 16.7 Å². The molecule has 5 rings (SSSR count). The van der Waals surface area contributed by atoms with Crippen molar-refractivity contribution in [1.82, 2.24) is 0 Å². The molecule has 0 saturated carbocycles. The molecule has 0 aliphatic rings. The molecule has 41 heavy (non-hydrogen) atoms. The van der Waals surface area contributed by atoms with Crippen molar-refractivity contribution >= 4 is 28.9 Å². The van der Waals surface area contributed by atoms with E-state index in [0.29, 0.717) is 22.6 Å². The van der Waals surface area contributed by atoms with Crippen LogP contribution in [0, 0.1) is 24.0 Å². The van der Waals surface area contributed by atoms with E-state index in [1.165, 1.54) is 15.9 Å². The smallest absolute Gasteiger partial charge is 0.270 e. The van der Waals surface area contributed by atoms with E-state index in [1.807, 2.05) is 32.0 Å². The largest absolute Gasteiger partial charge is 1.00 e. The summed E-state index contributed by atoms with van der Waals surface area (Å²) in [4.78, 5) is 10.9. The minimum Gasteiger partial charge on any atom is -1.00 e. The summed E-state index contributed by atoms with van der Waals surface area (Å²) in [6, 6.07) is 41.1. The Hall–Kier alpha value is -4.18. The van der Waals surface area contributed by atoms with Gasteiger partial charge in [-0.1, -0.05) is 54.6 Å². The molecule has 208 valence electrons. The van der Waals surface area contributed by atoms with E-state index in [9.17, 15) is 10.1 Å². The highest BCUT2D eigenvalue weighted by molar-refractivity contribution is 7.95. The van der Waals surface area contributed by atoms with Gasteiger partial charge in [-0.2, -0.15) is 0 Å². The first kappa shape index (κ1) is 29.8. The summed E-state index contributed by atoms with van der Waals surface area (Å²) in [6.07, 6.45) is 0.726. The summed E-state index contributed by atoms with van der Waals surface area (Å²) in [6.45, 7) is 3.66. The van der Waals surface area contributed by atoms with Crippen molar-refractivity contribution in [2.45, 2.75) is 20.0 Å². The lowest BCUT2D eigenvalue weighted by Crippen LogP contribution is -3.00. The Morgan fingerprint density at radius 3 is 1.59 bits per heavy atom. The molecule has 0 amide bonds. The Labute approximate surface area is 247 Å². The van der Waals surface area contributed by atoms with Gasteiger partial charge in [-0.05, 0) is 79.6 Å². The van der Waals surface area contributed by atoms with Gasteiger partial charge in [-0.3, -0.25) is 10.1 Å². The van der Waals surface area contributed by atoms with Crippen LogP contribution < -0.4 is 37.8 Å². The van der Waals surface area contributed by atoms with Gasteiger partial charge in [0.25, 0.3) is 5.69 Å². The van der Waals surface area contributed by atoms with Crippen LogP contribution in [0.2, 0.25) is 0 Å². The molecule has 0 radical (unpaired) electrons. The van der Waals surface area contributed by atoms with Crippen molar-refractivity contribution in [2.24, 2.45) is 0 Å². The quantitative estimate of drug-likeness (QED) is 0.146. The number of halogens is 1. The second-order valence-corrected chi connectivity index (χ2v) is 13.2. The van der Waals surface area contributed by atoms with Crippen LogP contribution in [0.25, 0.3) is 0 Å². The number of methoxy groups -OCH3 is 1. The van der Waals surface area contributed by atoms with E-state index in [2.05, 4.69) is 91.0 Å². The van der Waals surface area contributed by atoms with Crippen molar-refractivity contribution in [3.8, 4) is 17.2 Å². The first-order valence-electron chi connectivity index (χ1n) is 13.1. The highest BCUT2D eigenvalue weighted by atomic mass is 35.5. The minimum atomic E-state index is -2.16. The van der Waals surface area contributed by atoms with Crippen LogP contribution in [0.5, 0.6) is 17.2 Å². The third kappa shape index (κ3) is 6.12. The second-order valence-electron chi connectivity index (χ2n) is 9.72. The fraction of sp³-hybridized carbons (Fsp3) is 0.118. The van der Waals surface area contributed by atoms with Crippen molar-refractivity contribution in [1.29, 1.82) is 0 Å². The average molecular weight is 584 g/mol. The maximum Gasteiger partial charge on any atom is 0.270 e. The predicted molar refractivity (Wildman–Crippen MR) is 164 cm³/mol. The van der Waals surface area contributed by atoms with E-state index in [0.717, 1.165) is 17.5 Å². The Bertz CT molecular complexity index is 1510. The SMILES string of the molecule is COc1ccc(Oc2c(C)cc([N+](=O)[O-])cc2C)cc1C[P+](c1ccccc1)(c1ccccc1)c1ccccc1.[Cl-]. The molecule has 0 aliphatic heterocycles. The maximum atomic E-state index is 11.3. The molecule has 0 aliphatic carbocycles. The molecule has 5 aromatic rings. The Morgan fingerprint density at radius 1 is 0.707 bits per heavy atom. The standard InChI is InChI=1S/C34H31NO4P.ClH/c1-25-21-28(35(36)37)22-26(2)34(25)39-29-19-20-33(38-3)27(23-29)24-40(30-13-7-4-8-14-30,31-15-9-5-10-16-31)32-17-11-6-12-18-32;/h4-23H,24H2,1-3H3;1H/q+1;/p-1. The number of ether oxygens (including phenoxy) is 2. The highest BCUT2D eigenvalue weighted by Gasteiger charge is 2.46. The molecule has 0 N–H and O–H groups in total. The van der Waals surface area contributed by atoms with Crippen LogP contribution in [0.3, 0.4) is 0 Å². The van der Waals surface area contributed by atoms with E-state index < -0.39 is 7.26 Å². The second kappa shape index (κ2) is 13.0. The normalized spacial score (nSPS) is 10.9. The van der Waals surface area contributed by atoms with E-state index in [4.69, 9.17) is 9.47 Å². The molecule has 0 aromatic heterocycles. The van der Waals surface area contributed by atoms with Gasteiger partial charge in [0, 0.05) is 17.7 Å². The van der Waals surface area contributed by atoms with Crippen molar-refractivity contribution < 1.29 is 26.8 Å². The molecular weight excluding hydrogens is 553 g/mol. The molecule has 0 bridgehead atoms. The summed E-state index contributed by atoms with van der Waals surface area (Å²) >= 11 is 0. The van der Waals surface area contributed by atoms with Crippen LogP contribution in [0.15, 0.2) is 121 Å². The summed E-state index contributed by atoms with van der Waals surface area (Å²) in [5, 5.41) is 15.2. The predicted octanol–water partition coefficient (Wildman–Crippen LogP) is 4.51. The molecular formula is C34H31ClNO4P. The average Bonchev–Trinajstić information content (AvgIpc) is 2.99. The topological polar surface area (TPSA) is 61.6 Å². The lowest BCUT2D eigenvalue weighted by Gasteiger charge is -2.28. The lowest BCUT2D eigenvalue weighted by molar-refractivity contribution is -0.385. The number of aryl methyl sites for hydroxylation is 2. The first-order valence-corrected chi connectivity index (χ1v) is 15.0. The van der Waals surface area contributed by atoms with Gasteiger partial charge < -0.3 is 21.9 Å². The minimum absolute atomic E-state index is 0. The third-order valence-corrected chi connectivity index (χ3v) is 11.5. The van der Waals surface area contributed by atoms with Crippen molar-refractivity contribution in [3.05, 3.63) is 148 Å².